The zero-order valence-electron chi connectivity index (χ0n) is 9.11. The Morgan fingerprint density at radius 2 is 2.12 bits per heavy atom. The Balaban J connectivity index is 3.02. The lowest BCUT2D eigenvalue weighted by Gasteiger charge is -2.19. The molecule has 17 heavy (non-hydrogen) atoms. The van der Waals surface area contributed by atoms with E-state index < -0.39 is 24.2 Å². The molecule has 1 aromatic rings. The van der Waals surface area contributed by atoms with E-state index in [-0.39, 0.29) is 17.1 Å². The number of carbonyl (C=O) groups is 2. The summed E-state index contributed by atoms with van der Waals surface area (Å²) in [5.41, 5.74) is -0.0326. The molecule has 92 valence electrons. The number of rotatable bonds is 4. The van der Waals surface area contributed by atoms with E-state index in [1.165, 1.54) is 12.1 Å². The summed E-state index contributed by atoms with van der Waals surface area (Å²) >= 11 is 5.66. The highest BCUT2D eigenvalue weighted by molar-refractivity contribution is 6.34. The van der Waals surface area contributed by atoms with Gasteiger partial charge in [0.15, 0.2) is 0 Å². The topological polar surface area (TPSA) is 57.6 Å². The van der Waals surface area contributed by atoms with Crippen LogP contribution in [-0.4, -0.2) is 35.0 Å². The largest absolute Gasteiger partial charge is 0.480 e. The molecule has 0 saturated heterocycles. The maximum absolute atomic E-state index is 13.2. The van der Waals surface area contributed by atoms with Gasteiger partial charge in [-0.15, -0.1) is 0 Å². The molecule has 0 radical (unpaired) electrons. The van der Waals surface area contributed by atoms with Gasteiger partial charge in [0.1, 0.15) is 12.4 Å². The van der Waals surface area contributed by atoms with E-state index in [1.54, 1.807) is 6.92 Å². The predicted octanol–water partition coefficient (Wildman–Crippen LogP) is 2.03. The standard InChI is InChI=1S/C11H11ClFNO3/c1-2-14(6-9(15)16)11(17)7-4-3-5-8(13)10(7)12/h3-5H,2,6H2,1H3,(H,15,16). The number of carboxylic acid groups (broad SMARTS) is 1. The minimum absolute atomic E-state index is 0.0326. The van der Waals surface area contributed by atoms with Gasteiger partial charge in [-0.2, -0.15) is 0 Å². The highest BCUT2D eigenvalue weighted by Crippen LogP contribution is 2.21. The number of amides is 1. The van der Waals surface area contributed by atoms with Gasteiger partial charge in [-0.1, -0.05) is 17.7 Å². The Bertz CT molecular complexity index is 450. The van der Waals surface area contributed by atoms with Gasteiger partial charge >= 0.3 is 5.97 Å². The Morgan fingerprint density at radius 3 is 2.65 bits per heavy atom. The quantitative estimate of drug-likeness (QED) is 0.900. The zero-order valence-corrected chi connectivity index (χ0v) is 9.87. The van der Waals surface area contributed by atoms with Crippen LogP contribution in [0.5, 0.6) is 0 Å². The second kappa shape index (κ2) is 5.63. The molecule has 0 bridgehead atoms. The van der Waals surface area contributed by atoms with Gasteiger partial charge in [-0.3, -0.25) is 9.59 Å². The first-order chi connectivity index (χ1) is 7.97. The maximum atomic E-state index is 13.2. The SMILES string of the molecule is CCN(CC(=O)O)C(=O)c1cccc(F)c1Cl. The van der Waals surface area contributed by atoms with Crippen LogP contribution in [0.25, 0.3) is 0 Å². The molecule has 1 rings (SSSR count). The third kappa shape index (κ3) is 3.17. The Hall–Kier alpha value is -1.62. The highest BCUT2D eigenvalue weighted by atomic mass is 35.5. The minimum atomic E-state index is -1.13. The van der Waals surface area contributed by atoms with Gasteiger partial charge in [0.2, 0.25) is 0 Å². The molecule has 0 fully saturated rings. The average Bonchev–Trinajstić information content (AvgIpc) is 2.28. The van der Waals surface area contributed by atoms with Crippen molar-refractivity contribution in [3.8, 4) is 0 Å². The predicted molar refractivity (Wildman–Crippen MR) is 60.6 cm³/mol. The van der Waals surface area contributed by atoms with Crippen LogP contribution in [0.3, 0.4) is 0 Å². The molecule has 0 heterocycles. The Morgan fingerprint density at radius 1 is 1.47 bits per heavy atom. The van der Waals surface area contributed by atoms with Crippen LogP contribution in [0.15, 0.2) is 18.2 Å². The third-order valence-electron chi connectivity index (χ3n) is 2.18. The summed E-state index contributed by atoms with van der Waals surface area (Å²) in [6.45, 7) is 1.40. The average molecular weight is 260 g/mol. The lowest BCUT2D eigenvalue weighted by Crippen LogP contribution is -2.35. The van der Waals surface area contributed by atoms with Crippen molar-refractivity contribution in [1.82, 2.24) is 4.90 Å². The van der Waals surface area contributed by atoms with Crippen LogP contribution in [0.2, 0.25) is 5.02 Å². The van der Waals surface area contributed by atoms with Crippen LogP contribution in [-0.2, 0) is 4.79 Å². The number of aliphatic carboxylic acids is 1. The van der Waals surface area contributed by atoms with Gasteiger partial charge in [0.25, 0.3) is 5.91 Å². The fourth-order valence-electron chi connectivity index (χ4n) is 1.33. The van der Waals surface area contributed by atoms with Gasteiger partial charge in [0.05, 0.1) is 10.6 Å². The lowest BCUT2D eigenvalue weighted by molar-refractivity contribution is -0.137. The molecule has 4 nitrogen and oxygen atoms in total. The summed E-state index contributed by atoms with van der Waals surface area (Å²) < 4.78 is 13.2. The van der Waals surface area contributed by atoms with Crippen molar-refractivity contribution in [3.05, 3.63) is 34.6 Å². The molecule has 1 amide bonds. The van der Waals surface area contributed by atoms with E-state index in [9.17, 15) is 14.0 Å². The summed E-state index contributed by atoms with van der Waals surface area (Å²) in [5.74, 6) is -2.43. The Kier molecular flexibility index (Phi) is 4.45. The number of hydrogen-bond acceptors (Lipinski definition) is 2. The normalized spacial score (nSPS) is 10.1. The number of nitrogens with zero attached hydrogens (tertiary/aromatic N) is 1. The molecule has 0 aromatic heterocycles. The molecule has 0 aliphatic carbocycles. The van der Waals surface area contributed by atoms with E-state index in [0.717, 1.165) is 11.0 Å². The Labute approximate surface area is 103 Å². The summed E-state index contributed by atoms with van der Waals surface area (Å²) in [6.07, 6.45) is 0. The summed E-state index contributed by atoms with van der Waals surface area (Å²) in [6, 6.07) is 3.84. The number of halogens is 2. The van der Waals surface area contributed by atoms with Gasteiger partial charge in [-0.25, -0.2) is 4.39 Å². The number of carbonyl (C=O) groups excluding carboxylic acids is 1. The van der Waals surface area contributed by atoms with Crippen molar-refractivity contribution in [2.45, 2.75) is 6.92 Å². The van der Waals surface area contributed by atoms with Gasteiger partial charge in [-0.05, 0) is 19.1 Å². The molecule has 1 aromatic carbocycles. The monoisotopic (exact) mass is 259 g/mol. The van der Waals surface area contributed by atoms with Crippen molar-refractivity contribution >= 4 is 23.5 Å². The van der Waals surface area contributed by atoms with Crippen molar-refractivity contribution in [2.24, 2.45) is 0 Å². The van der Waals surface area contributed by atoms with Crippen LogP contribution in [0.4, 0.5) is 4.39 Å². The minimum Gasteiger partial charge on any atom is -0.480 e. The maximum Gasteiger partial charge on any atom is 0.323 e. The summed E-state index contributed by atoms with van der Waals surface area (Å²) in [4.78, 5) is 23.5. The van der Waals surface area contributed by atoms with E-state index in [2.05, 4.69) is 0 Å². The first-order valence-corrected chi connectivity index (χ1v) is 5.30. The third-order valence-corrected chi connectivity index (χ3v) is 2.56. The highest BCUT2D eigenvalue weighted by Gasteiger charge is 2.20. The molecule has 1 N–H and O–H groups in total. The lowest BCUT2D eigenvalue weighted by atomic mass is 10.2. The molecule has 0 saturated carbocycles. The molecule has 0 aliphatic rings. The smallest absolute Gasteiger partial charge is 0.323 e. The molecular weight excluding hydrogens is 249 g/mol. The van der Waals surface area contributed by atoms with Crippen molar-refractivity contribution < 1.29 is 19.1 Å². The van der Waals surface area contributed by atoms with Crippen molar-refractivity contribution in [3.63, 3.8) is 0 Å². The van der Waals surface area contributed by atoms with Crippen LogP contribution in [0.1, 0.15) is 17.3 Å². The van der Waals surface area contributed by atoms with E-state index in [1.807, 2.05) is 0 Å². The molecule has 6 heteroatoms. The first-order valence-electron chi connectivity index (χ1n) is 4.92. The number of hydrogen-bond donors (Lipinski definition) is 1. The molecule has 0 unspecified atom stereocenters. The molecule has 0 aliphatic heterocycles. The zero-order chi connectivity index (χ0) is 13.0. The van der Waals surface area contributed by atoms with Crippen molar-refractivity contribution in [2.75, 3.05) is 13.1 Å². The van der Waals surface area contributed by atoms with E-state index in [4.69, 9.17) is 16.7 Å². The summed E-state index contributed by atoms with van der Waals surface area (Å²) in [5, 5.41) is 8.34. The fourth-order valence-corrected chi connectivity index (χ4v) is 1.54. The first kappa shape index (κ1) is 13.4. The van der Waals surface area contributed by atoms with Crippen molar-refractivity contribution in [1.29, 1.82) is 0 Å². The second-order valence-corrected chi connectivity index (χ2v) is 3.69. The molecular formula is C11H11ClFNO3. The van der Waals surface area contributed by atoms with E-state index in [0.29, 0.717) is 0 Å². The number of likely N-dealkylation sites (N-methyl/N-ethyl adjacent to an activating group) is 1. The summed E-state index contributed by atoms with van der Waals surface area (Å²) in [7, 11) is 0. The fraction of sp³-hybridized carbons (Fsp3) is 0.273. The van der Waals surface area contributed by atoms with Gasteiger partial charge < -0.3 is 10.0 Å². The molecule has 0 atom stereocenters. The van der Waals surface area contributed by atoms with Crippen LogP contribution >= 0.6 is 11.6 Å². The number of benzene rings is 1. The molecule has 0 spiro atoms. The van der Waals surface area contributed by atoms with Crippen LogP contribution in [0, 0.1) is 5.82 Å². The van der Waals surface area contributed by atoms with Gasteiger partial charge in [0, 0.05) is 6.54 Å². The van der Waals surface area contributed by atoms with Crippen LogP contribution < -0.4 is 0 Å². The number of carboxylic acids is 1. The van der Waals surface area contributed by atoms with E-state index >= 15 is 0 Å². The second-order valence-electron chi connectivity index (χ2n) is 3.31.